The van der Waals surface area contributed by atoms with Crippen molar-refractivity contribution in [3.05, 3.63) is 53.4 Å². The van der Waals surface area contributed by atoms with Gasteiger partial charge in [-0.05, 0) is 31.5 Å². The van der Waals surface area contributed by atoms with Crippen molar-refractivity contribution in [2.75, 3.05) is 19.0 Å². The van der Waals surface area contributed by atoms with E-state index in [-0.39, 0.29) is 16.9 Å². The molecule has 0 bridgehead atoms. The van der Waals surface area contributed by atoms with Crippen molar-refractivity contribution < 1.29 is 46.4 Å². The highest BCUT2D eigenvalue weighted by Crippen LogP contribution is 2.51. The van der Waals surface area contributed by atoms with Crippen LogP contribution in [0.25, 0.3) is 0 Å². The Morgan fingerprint density at radius 2 is 2.06 bits per heavy atom. The summed E-state index contributed by atoms with van der Waals surface area (Å²) in [4.78, 5) is 16.8. The van der Waals surface area contributed by atoms with Gasteiger partial charge in [-0.15, -0.1) is 0 Å². The van der Waals surface area contributed by atoms with Gasteiger partial charge in [-0.25, -0.2) is 4.39 Å². The lowest BCUT2D eigenvalue weighted by Gasteiger charge is -2.27. The highest BCUT2D eigenvalue weighted by Gasteiger charge is 2.61. The second-order valence-electron chi connectivity index (χ2n) is 7.72. The van der Waals surface area contributed by atoms with Gasteiger partial charge >= 0.3 is 6.18 Å². The van der Waals surface area contributed by atoms with E-state index in [1.54, 1.807) is 0 Å². The van der Waals surface area contributed by atoms with Gasteiger partial charge in [-0.3, -0.25) is 9.78 Å². The molecular weight excluding hydrogens is 455 g/mol. The zero-order valence-electron chi connectivity index (χ0n) is 17.5. The van der Waals surface area contributed by atoms with Gasteiger partial charge in [0.15, 0.2) is 17.2 Å². The maximum Gasteiger partial charge on any atom is 0.417 e. The van der Waals surface area contributed by atoms with E-state index in [0.717, 1.165) is 26.2 Å². The number of nitrogens with one attached hydrogen (secondary N) is 1. The number of amides is 1. The largest absolute Gasteiger partial charge is 0.493 e. The molecule has 2 aromatic rings. The van der Waals surface area contributed by atoms with Crippen molar-refractivity contribution in [3.63, 3.8) is 0 Å². The van der Waals surface area contributed by atoms with Crippen molar-refractivity contribution in [2.45, 2.75) is 43.2 Å². The highest BCUT2D eigenvalue weighted by atomic mass is 19.4. The molecule has 180 valence electrons. The first kappa shape index (κ1) is 24.8. The lowest BCUT2D eigenvalue weighted by Crippen LogP contribution is -2.43. The molecule has 0 spiro atoms. The number of aliphatic hydroxyl groups excluding tert-OH is 2. The van der Waals surface area contributed by atoms with E-state index >= 15 is 0 Å². The van der Waals surface area contributed by atoms with E-state index in [9.17, 15) is 31.9 Å². The number of carbonyl (C=O) groups excluding carboxylic acids is 1. The lowest BCUT2D eigenvalue weighted by molar-refractivity contribution is -0.261. The van der Waals surface area contributed by atoms with E-state index in [4.69, 9.17) is 14.6 Å². The number of alkyl halides is 3. The number of anilines is 1. The van der Waals surface area contributed by atoms with Gasteiger partial charge in [0.1, 0.15) is 12.2 Å². The number of hydrogen-bond donors (Lipinski definition) is 3. The fourth-order valence-electron chi connectivity index (χ4n) is 3.69. The molecule has 1 amide bonds. The van der Waals surface area contributed by atoms with E-state index in [2.05, 4.69) is 10.3 Å². The number of halogens is 5. The van der Waals surface area contributed by atoms with Crippen LogP contribution < -0.4 is 10.1 Å². The van der Waals surface area contributed by atoms with Gasteiger partial charge in [-0.1, -0.05) is 6.07 Å². The molecule has 1 fully saturated rings. The maximum absolute atomic E-state index is 14.3. The summed E-state index contributed by atoms with van der Waals surface area (Å²) in [5.41, 5.74) is -2.82. The normalized spacial score (nSPS) is 23.9. The zero-order valence-corrected chi connectivity index (χ0v) is 17.5. The predicted octanol–water partition coefficient (Wildman–Crippen LogP) is 3.23. The molecule has 1 aromatic heterocycles. The Labute approximate surface area is 185 Å². The van der Waals surface area contributed by atoms with Crippen LogP contribution in [-0.2, 0) is 9.53 Å². The number of hydrogen-bond acceptors (Lipinski definition) is 6. The molecule has 12 heteroatoms. The average molecular weight is 476 g/mol. The summed E-state index contributed by atoms with van der Waals surface area (Å²) in [6.45, 7) is 0.125. The van der Waals surface area contributed by atoms with Crippen molar-refractivity contribution in [1.29, 1.82) is 0 Å². The number of ether oxygens (including phenoxy) is 2. The summed E-state index contributed by atoms with van der Waals surface area (Å²) in [6.07, 6.45) is -7.47. The van der Waals surface area contributed by atoms with Crippen molar-refractivity contribution in [1.82, 2.24) is 4.98 Å². The number of pyridine rings is 1. The minimum atomic E-state index is -4.86. The van der Waals surface area contributed by atoms with Crippen molar-refractivity contribution in [3.8, 4) is 5.75 Å². The molecule has 7 nitrogen and oxygen atoms in total. The van der Waals surface area contributed by atoms with Gasteiger partial charge in [0.05, 0.1) is 19.4 Å². The monoisotopic (exact) mass is 476 g/mol. The van der Waals surface area contributed by atoms with Gasteiger partial charge in [0.25, 0.3) is 5.91 Å². The molecule has 3 N–H and O–H groups in total. The van der Waals surface area contributed by atoms with Crippen LogP contribution in [0.4, 0.5) is 27.6 Å². The van der Waals surface area contributed by atoms with E-state index < -0.39 is 66.2 Å². The molecule has 0 unspecified atom stereocenters. The fraction of sp³-hybridized carbons (Fsp3) is 0.429. The summed E-state index contributed by atoms with van der Waals surface area (Å²) >= 11 is 0. The van der Waals surface area contributed by atoms with Crippen LogP contribution in [0.15, 0.2) is 30.5 Å². The van der Waals surface area contributed by atoms with Crippen LogP contribution in [0.3, 0.4) is 0 Å². The average Bonchev–Trinajstić information content (AvgIpc) is 3.14. The molecular formula is C21H21F5N2O5. The third-order valence-electron chi connectivity index (χ3n) is 5.47. The first-order chi connectivity index (χ1) is 15.4. The first-order valence-corrected chi connectivity index (χ1v) is 9.74. The number of rotatable bonds is 6. The van der Waals surface area contributed by atoms with E-state index in [1.807, 2.05) is 0 Å². The fourth-order valence-corrected chi connectivity index (χ4v) is 3.69. The quantitative estimate of drug-likeness (QED) is 0.554. The summed E-state index contributed by atoms with van der Waals surface area (Å²) in [5, 5.41) is 21.1. The summed E-state index contributed by atoms with van der Waals surface area (Å²) in [7, 11) is 1.03. The summed E-state index contributed by atoms with van der Waals surface area (Å²) < 4.78 is 79.1. The smallest absolute Gasteiger partial charge is 0.417 e. The molecule has 2 heterocycles. The molecule has 0 aliphatic carbocycles. The molecule has 1 aliphatic heterocycles. The minimum absolute atomic E-state index is 0.0154. The number of methoxy groups -OCH3 is 1. The van der Waals surface area contributed by atoms with Crippen molar-refractivity contribution in [2.24, 2.45) is 0 Å². The summed E-state index contributed by atoms with van der Waals surface area (Å²) in [5.74, 6) is -5.60. The van der Waals surface area contributed by atoms with E-state index in [1.165, 1.54) is 18.3 Å². The van der Waals surface area contributed by atoms with Crippen molar-refractivity contribution >= 4 is 11.6 Å². The minimum Gasteiger partial charge on any atom is -0.493 e. The molecule has 1 aliphatic rings. The van der Waals surface area contributed by atoms with E-state index in [0.29, 0.717) is 0 Å². The zero-order chi connectivity index (χ0) is 24.6. The molecule has 0 radical (unpaired) electrons. The number of aromatic nitrogens is 1. The summed E-state index contributed by atoms with van der Waals surface area (Å²) in [6, 6.07) is 4.33. The topological polar surface area (TPSA) is 101 Å². The molecule has 1 saturated heterocycles. The highest BCUT2D eigenvalue weighted by molar-refractivity contribution is 5.95. The molecule has 3 rings (SSSR count). The second kappa shape index (κ2) is 9.20. The number of carbonyl (C=O) groups is 1. The Bertz CT molecular complexity index is 1030. The predicted molar refractivity (Wildman–Crippen MR) is 105 cm³/mol. The Morgan fingerprint density at radius 1 is 1.36 bits per heavy atom. The number of benzene rings is 1. The van der Waals surface area contributed by atoms with Gasteiger partial charge in [0.2, 0.25) is 5.82 Å². The molecule has 4 atom stereocenters. The first-order valence-electron chi connectivity index (χ1n) is 9.74. The van der Waals surface area contributed by atoms with Gasteiger partial charge in [-0.2, -0.15) is 17.6 Å². The van der Waals surface area contributed by atoms with Crippen LogP contribution in [0.2, 0.25) is 0 Å². The molecule has 33 heavy (non-hydrogen) atoms. The number of nitrogens with zero attached hydrogens (tertiary/aromatic N) is 1. The number of aliphatic hydroxyl groups is 2. The maximum atomic E-state index is 14.3. The van der Waals surface area contributed by atoms with Crippen LogP contribution in [0.5, 0.6) is 5.75 Å². The SMILES string of the molecule is COc1c([C@H]2C[C@@](C)(C(F)(F)F)O[C@@H]2C(=O)Nc2ccnc([C@@H](O)CO)c2)ccc(F)c1F. The standard InChI is InChI=1S/C21H21F5N2O5/c1-20(21(24,25)26)8-12(11-3-4-13(22)16(23)17(11)32-2)18(33-20)19(31)28-10-5-6-27-14(7-10)15(30)9-29/h3-7,12,15,18,29-30H,8-9H2,1-2H3,(H,27,28,31)/t12-,15+,18+,20+/m1/s1. The third kappa shape index (κ3) is 4.77. The van der Waals surface area contributed by atoms with Crippen LogP contribution in [0, 0.1) is 11.6 Å². The van der Waals surface area contributed by atoms with Crippen LogP contribution in [-0.4, -0.2) is 52.7 Å². The molecule has 0 saturated carbocycles. The molecule has 1 aromatic carbocycles. The van der Waals surface area contributed by atoms with Gasteiger partial charge in [0, 0.05) is 23.4 Å². The third-order valence-corrected chi connectivity index (χ3v) is 5.47. The Hall–Kier alpha value is -2.83. The lowest BCUT2D eigenvalue weighted by atomic mass is 9.85. The second-order valence-corrected chi connectivity index (χ2v) is 7.72. The van der Waals surface area contributed by atoms with Crippen LogP contribution in [0.1, 0.15) is 36.6 Å². The van der Waals surface area contributed by atoms with Crippen LogP contribution >= 0.6 is 0 Å². The Morgan fingerprint density at radius 3 is 2.67 bits per heavy atom. The Kier molecular flexibility index (Phi) is 6.91. The Balaban J connectivity index is 1.99. The van der Waals surface area contributed by atoms with Gasteiger partial charge < -0.3 is 25.0 Å².